The predicted molar refractivity (Wildman–Crippen MR) is 107 cm³/mol. The van der Waals surface area contributed by atoms with Crippen LogP contribution >= 0.6 is 11.8 Å². The lowest BCUT2D eigenvalue weighted by Crippen LogP contribution is -2.23. The average molecular weight is 382 g/mol. The minimum absolute atomic E-state index is 0.108. The van der Waals surface area contributed by atoms with Gasteiger partial charge in [0.2, 0.25) is 0 Å². The fraction of sp³-hybridized carbons (Fsp3) is 0.250. The molecule has 3 rings (SSSR count). The molecule has 6 nitrogen and oxygen atoms in total. The van der Waals surface area contributed by atoms with Crippen LogP contribution in [-0.4, -0.2) is 30.1 Å². The zero-order chi connectivity index (χ0) is 19.2. The lowest BCUT2D eigenvalue weighted by Gasteiger charge is -2.12. The maximum atomic E-state index is 12.6. The number of benzene rings is 1. The number of hydrogen-bond donors (Lipinski definition) is 1. The Labute approximate surface area is 163 Å². The Bertz CT molecular complexity index is 906. The highest BCUT2D eigenvalue weighted by Crippen LogP contribution is 2.26. The van der Waals surface area contributed by atoms with Crippen molar-refractivity contribution in [1.29, 1.82) is 0 Å². The molecule has 140 valence electrons. The lowest BCUT2D eigenvalue weighted by atomic mass is 10.2. The van der Waals surface area contributed by atoms with E-state index in [0.29, 0.717) is 17.9 Å². The number of hydrogen-bond acceptors (Lipinski definition) is 6. The molecule has 1 aromatic carbocycles. The van der Waals surface area contributed by atoms with Gasteiger partial charge in [-0.05, 0) is 30.7 Å². The molecule has 1 N–H and O–H groups in total. The zero-order valence-electron chi connectivity index (χ0n) is 15.6. The van der Waals surface area contributed by atoms with Crippen molar-refractivity contribution in [3.8, 4) is 0 Å². The normalized spacial score (nSPS) is 10.6. The van der Waals surface area contributed by atoms with Crippen LogP contribution < -0.4 is 10.2 Å². The summed E-state index contributed by atoms with van der Waals surface area (Å²) in [4.78, 5) is 19.9. The molecule has 0 fully saturated rings. The highest BCUT2D eigenvalue weighted by molar-refractivity contribution is 7.98. The van der Waals surface area contributed by atoms with E-state index in [-0.39, 0.29) is 5.91 Å². The first-order valence-corrected chi connectivity index (χ1v) is 9.56. The number of thioether (sulfide) groups is 1. The molecule has 2 aromatic heterocycles. The van der Waals surface area contributed by atoms with Gasteiger partial charge in [0.1, 0.15) is 11.6 Å². The first-order valence-electron chi connectivity index (χ1n) is 8.57. The molecule has 0 aliphatic heterocycles. The second kappa shape index (κ2) is 8.73. The zero-order valence-corrected chi connectivity index (χ0v) is 16.4. The smallest absolute Gasteiger partial charge is 0.252 e. The number of amides is 1. The van der Waals surface area contributed by atoms with Crippen LogP contribution in [-0.2, 0) is 12.3 Å². The van der Waals surface area contributed by atoms with E-state index in [2.05, 4.69) is 15.5 Å². The van der Waals surface area contributed by atoms with Crippen molar-refractivity contribution in [3.63, 3.8) is 0 Å². The number of nitrogens with one attached hydrogen (secondary N) is 1. The number of aromatic nitrogens is 2. The van der Waals surface area contributed by atoms with Crippen LogP contribution in [0.25, 0.3) is 0 Å². The average Bonchev–Trinajstić information content (AvgIpc) is 3.10. The quantitative estimate of drug-likeness (QED) is 0.629. The predicted octanol–water partition coefficient (Wildman–Crippen LogP) is 3.67. The van der Waals surface area contributed by atoms with Crippen LogP contribution in [0.15, 0.2) is 58.1 Å². The Morgan fingerprint density at radius 3 is 2.70 bits per heavy atom. The standard InChI is InChI=1S/C20H22N4O2S/c1-14-10-16(26-23-14)13-27-18-7-5-4-6-17(18)20(25)22-12-15-8-9-19(21-11-15)24(2)3/h4-11H,12-13H2,1-3H3,(H,22,25). The van der Waals surface area contributed by atoms with Gasteiger partial charge in [0.05, 0.1) is 17.0 Å². The molecule has 7 heteroatoms. The monoisotopic (exact) mass is 382 g/mol. The molecule has 0 radical (unpaired) electrons. The van der Waals surface area contributed by atoms with Gasteiger partial charge in [-0.1, -0.05) is 23.4 Å². The van der Waals surface area contributed by atoms with E-state index >= 15 is 0 Å². The largest absolute Gasteiger partial charge is 0.363 e. The second-order valence-corrected chi connectivity index (χ2v) is 7.34. The summed E-state index contributed by atoms with van der Waals surface area (Å²) in [5, 5.41) is 6.85. The van der Waals surface area contributed by atoms with Crippen LogP contribution in [0.4, 0.5) is 5.82 Å². The van der Waals surface area contributed by atoms with E-state index in [9.17, 15) is 4.79 Å². The molecule has 0 atom stereocenters. The van der Waals surface area contributed by atoms with Crippen molar-refractivity contribution in [3.05, 3.63) is 71.2 Å². The SMILES string of the molecule is Cc1cc(CSc2ccccc2C(=O)NCc2ccc(N(C)C)nc2)on1. The van der Waals surface area contributed by atoms with Gasteiger partial charge in [-0.3, -0.25) is 4.79 Å². The van der Waals surface area contributed by atoms with E-state index in [1.165, 1.54) is 0 Å². The Kier molecular flexibility index (Phi) is 6.13. The highest BCUT2D eigenvalue weighted by Gasteiger charge is 2.12. The molecule has 0 spiro atoms. The fourth-order valence-electron chi connectivity index (χ4n) is 2.48. The molecule has 0 saturated carbocycles. The van der Waals surface area contributed by atoms with E-state index < -0.39 is 0 Å². The summed E-state index contributed by atoms with van der Waals surface area (Å²) >= 11 is 1.56. The van der Waals surface area contributed by atoms with Gasteiger partial charge in [0.15, 0.2) is 0 Å². The van der Waals surface area contributed by atoms with E-state index in [1.54, 1.807) is 18.0 Å². The summed E-state index contributed by atoms with van der Waals surface area (Å²) in [5.74, 6) is 2.19. The van der Waals surface area contributed by atoms with Crippen LogP contribution in [0.1, 0.15) is 27.4 Å². The van der Waals surface area contributed by atoms with Gasteiger partial charge in [-0.2, -0.15) is 0 Å². The molecule has 0 aliphatic carbocycles. The summed E-state index contributed by atoms with van der Waals surface area (Å²) in [5.41, 5.74) is 2.46. The Morgan fingerprint density at radius 1 is 1.22 bits per heavy atom. The Morgan fingerprint density at radius 2 is 2.04 bits per heavy atom. The van der Waals surface area contributed by atoms with Crippen LogP contribution in [0, 0.1) is 6.92 Å². The Hall–Kier alpha value is -2.80. The van der Waals surface area contributed by atoms with Gasteiger partial charge < -0.3 is 14.7 Å². The van der Waals surface area contributed by atoms with Gasteiger partial charge in [-0.25, -0.2) is 4.98 Å². The van der Waals surface area contributed by atoms with Crippen LogP contribution in [0.5, 0.6) is 0 Å². The number of rotatable bonds is 7. The van der Waals surface area contributed by atoms with E-state index in [4.69, 9.17) is 4.52 Å². The van der Waals surface area contributed by atoms with Gasteiger partial charge in [-0.15, -0.1) is 11.8 Å². The number of pyridine rings is 1. The summed E-state index contributed by atoms with van der Waals surface area (Å²) in [6.45, 7) is 2.32. The number of carbonyl (C=O) groups is 1. The molecule has 1 amide bonds. The number of aryl methyl sites for hydroxylation is 1. The van der Waals surface area contributed by atoms with Gasteiger partial charge in [0, 0.05) is 37.8 Å². The third-order valence-electron chi connectivity index (χ3n) is 3.90. The van der Waals surface area contributed by atoms with Gasteiger partial charge in [0.25, 0.3) is 5.91 Å². The second-order valence-electron chi connectivity index (χ2n) is 6.32. The maximum Gasteiger partial charge on any atom is 0.252 e. The van der Waals surface area contributed by atoms with Crippen LogP contribution in [0.3, 0.4) is 0 Å². The van der Waals surface area contributed by atoms with Crippen molar-refractivity contribution >= 4 is 23.5 Å². The van der Waals surface area contributed by atoms with Gasteiger partial charge >= 0.3 is 0 Å². The summed E-state index contributed by atoms with van der Waals surface area (Å²) in [6.07, 6.45) is 1.78. The van der Waals surface area contributed by atoms with Crippen molar-refractivity contribution in [2.75, 3.05) is 19.0 Å². The van der Waals surface area contributed by atoms with E-state index in [1.807, 2.05) is 68.4 Å². The van der Waals surface area contributed by atoms with E-state index in [0.717, 1.165) is 27.7 Å². The summed E-state index contributed by atoms with van der Waals surface area (Å²) in [6, 6.07) is 13.4. The lowest BCUT2D eigenvalue weighted by molar-refractivity contribution is 0.0948. The molecule has 0 aliphatic rings. The molecule has 27 heavy (non-hydrogen) atoms. The van der Waals surface area contributed by atoms with Crippen molar-refractivity contribution in [2.24, 2.45) is 0 Å². The molecule has 0 bridgehead atoms. The first-order chi connectivity index (χ1) is 13.0. The first kappa shape index (κ1) is 19.0. The molecular formula is C20H22N4O2S. The van der Waals surface area contributed by atoms with Crippen molar-refractivity contribution in [2.45, 2.75) is 24.1 Å². The van der Waals surface area contributed by atoms with Crippen LogP contribution in [0.2, 0.25) is 0 Å². The maximum absolute atomic E-state index is 12.6. The minimum atomic E-state index is -0.108. The number of anilines is 1. The molecule has 2 heterocycles. The Balaban J connectivity index is 1.62. The van der Waals surface area contributed by atoms with Crippen molar-refractivity contribution < 1.29 is 9.32 Å². The number of nitrogens with zero attached hydrogens (tertiary/aromatic N) is 3. The summed E-state index contributed by atoms with van der Waals surface area (Å²) < 4.78 is 5.24. The van der Waals surface area contributed by atoms with Crippen molar-refractivity contribution in [1.82, 2.24) is 15.5 Å². The fourth-order valence-corrected chi connectivity index (χ4v) is 3.40. The summed E-state index contributed by atoms with van der Waals surface area (Å²) in [7, 11) is 3.89. The molecular weight excluding hydrogens is 360 g/mol. The topological polar surface area (TPSA) is 71.3 Å². The molecule has 0 unspecified atom stereocenters. The third-order valence-corrected chi connectivity index (χ3v) is 4.99. The highest BCUT2D eigenvalue weighted by atomic mass is 32.2. The molecule has 0 saturated heterocycles. The minimum Gasteiger partial charge on any atom is -0.363 e. The third kappa shape index (κ3) is 5.10. The number of carbonyl (C=O) groups excluding carboxylic acids is 1. The molecule has 3 aromatic rings.